The highest BCUT2D eigenvalue weighted by Gasteiger charge is 2.28. The first-order valence-corrected chi connectivity index (χ1v) is 15.8. The molecule has 5 rings (SSSR count). The molecule has 1 amide bonds. The highest BCUT2D eigenvalue weighted by Crippen LogP contribution is 2.33. The Morgan fingerprint density at radius 3 is 2.77 bits per heavy atom. The Labute approximate surface area is 235 Å². The molecule has 1 aromatic carbocycles. The second kappa shape index (κ2) is 11.7. The normalized spacial score (nSPS) is 15.5. The SMILES string of the molecule is C=CCNC(=O)c1cnc(Nc2cc(C)c3c(c2)CN(C2CCC2)CC3)nc1Nc1cccc(N=S(C)(C)=O)n1. The number of hydrogen-bond acceptors (Lipinski definition) is 9. The Hall–Kier alpha value is -3.83. The van der Waals surface area contributed by atoms with Gasteiger partial charge < -0.3 is 16.0 Å². The molecule has 3 heterocycles. The van der Waals surface area contributed by atoms with Crippen LogP contribution in [0.25, 0.3) is 0 Å². The summed E-state index contributed by atoms with van der Waals surface area (Å²) in [6.07, 6.45) is 11.2. The van der Waals surface area contributed by atoms with Crippen LogP contribution in [0.4, 0.5) is 29.1 Å². The van der Waals surface area contributed by atoms with Crippen LogP contribution < -0.4 is 16.0 Å². The maximum atomic E-state index is 12.9. The zero-order chi connectivity index (χ0) is 28.3. The number of rotatable bonds is 9. The van der Waals surface area contributed by atoms with Crippen LogP contribution in [0.1, 0.15) is 46.3 Å². The van der Waals surface area contributed by atoms with Crippen molar-refractivity contribution < 1.29 is 9.00 Å². The summed E-state index contributed by atoms with van der Waals surface area (Å²) in [5, 5.41) is 9.24. The van der Waals surface area contributed by atoms with Crippen molar-refractivity contribution in [2.24, 2.45) is 4.36 Å². The molecule has 1 aliphatic carbocycles. The zero-order valence-electron chi connectivity index (χ0n) is 23.2. The molecule has 2 aromatic heterocycles. The van der Waals surface area contributed by atoms with E-state index in [1.165, 1.54) is 42.1 Å². The van der Waals surface area contributed by atoms with Crippen LogP contribution in [-0.2, 0) is 22.7 Å². The molecular weight excluding hydrogens is 524 g/mol. The van der Waals surface area contributed by atoms with Gasteiger partial charge in [0, 0.05) is 59.8 Å². The van der Waals surface area contributed by atoms with Gasteiger partial charge in [-0.3, -0.25) is 9.69 Å². The zero-order valence-corrected chi connectivity index (χ0v) is 24.1. The number of fused-ring (bicyclic) bond motifs is 1. The number of aryl methyl sites for hydroxylation is 1. The number of nitrogens with zero attached hydrogens (tertiary/aromatic N) is 5. The van der Waals surface area contributed by atoms with E-state index in [4.69, 9.17) is 0 Å². The molecule has 0 spiro atoms. The number of benzene rings is 1. The number of carbonyl (C=O) groups is 1. The summed E-state index contributed by atoms with van der Waals surface area (Å²) in [5.74, 6) is 1.02. The molecule has 1 saturated carbocycles. The predicted octanol–water partition coefficient (Wildman–Crippen LogP) is 4.85. The van der Waals surface area contributed by atoms with E-state index in [9.17, 15) is 9.00 Å². The van der Waals surface area contributed by atoms with Crippen LogP contribution in [-0.4, -0.2) is 61.6 Å². The van der Waals surface area contributed by atoms with Crippen molar-refractivity contribution in [2.45, 2.75) is 45.2 Å². The molecule has 2 aliphatic rings. The number of pyridine rings is 1. The second-order valence-corrected chi connectivity index (χ2v) is 13.1. The molecule has 3 aromatic rings. The van der Waals surface area contributed by atoms with E-state index in [0.717, 1.165) is 25.2 Å². The van der Waals surface area contributed by atoms with Gasteiger partial charge in [0.05, 0.1) is 0 Å². The fraction of sp³-hybridized carbons (Fsp3) is 0.379. The molecule has 0 saturated heterocycles. The fourth-order valence-electron chi connectivity index (χ4n) is 5.06. The topological polar surface area (TPSA) is 125 Å². The van der Waals surface area contributed by atoms with E-state index in [1.807, 2.05) is 0 Å². The van der Waals surface area contributed by atoms with Gasteiger partial charge in [-0.25, -0.2) is 14.2 Å². The predicted molar refractivity (Wildman–Crippen MR) is 160 cm³/mol. The van der Waals surface area contributed by atoms with Crippen molar-refractivity contribution in [1.29, 1.82) is 0 Å². The molecule has 0 atom stereocenters. The van der Waals surface area contributed by atoms with Crippen LogP contribution in [0.3, 0.4) is 0 Å². The van der Waals surface area contributed by atoms with Gasteiger partial charge in [-0.1, -0.05) is 18.6 Å². The second-order valence-electron chi connectivity index (χ2n) is 10.6. The molecule has 210 valence electrons. The van der Waals surface area contributed by atoms with Gasteiger partial charge in [0.15, 0.2) is 5.82 Å². The van der Waals surface area contributed by atoms with Gasteiger partial charge in [0.1, 0.15) is 17.2 Å². The average molecular weight is 561 g/mol. The summed E-state index contributed by atoms with van der Waals surface area (Å²) in [4.78, 5) is 29.0. The Balaban J connectivity index is 1.43. The van der Waals surface area contributed by atoms with Gasteiger partial charge in [-0.15, -0.1) is 6.58 Å². The van der Waals surface area contributed by atoms with Gasteiger partial charge in [0.2, 0.25) is 5.95 Å². The van der Waals surface area contributed by atoms with Crippen LogP contribution in [0.5, 0.6) is 0 Å². The summed E-state index contributed by atoms with van der Waals surface area (Å²) in [6.45, 7) is 8.19. The van der Waals surface area contributed by atoms with Crippen molar-refractivity contribution in [1.82, 2.24) is 25.2 Å². The first-order valence-electron chi connectivity index (χ1n) is 13.5. The quantitative estimate of drug-likeness (QED) is 0.317. The Morgan fingerprint density at radius 1 is 1.23 bits per heavy atom. The molecule has 3 N–H and O–H groups in total. The smallest absolute Gasteiger partial charge is 0.256 e. The molecule has 1 aliphatic heterocycles. The van der Waals surface area contributed by atoms with Crippen LogP contribution in [0.15, 0.2) is 53.5 Å². The van der Waals surface area contributed by atoms with Gasteiger partial charge in [0.25, 0.3) is 5.91 Å². The number of anilines is 4. The number of hydrogen-bond donors (Lipinski definition) is 3. The largest absolute Gasteiger partial charge is 0.348 e. The third kappa shape index (κ3) is 6.65. The van der Waals surface area contributed by atoms with Crippen molar-refractivity contribution in [3.63, 3.8) is 0 Å². The third-order valence-electron chi connectivity index (χ3n) is 7.17. The molecule has 40 heavy (non-hydrogen) atoms. The first kappa shape index (κ1) is 27.7. The minimum atomic E-state index is -2.38. The highest BCUT2D eigenvalue weighted by molar-refractivity contribution is 7.92. The standard InChI is InChI=1S/C29H36N8O2S/c1-5-13-30-28(38)24-17-31-29(35-27(24)34-25-10-7-11-26(33-25)36-40(3,4)39)32-21-15-19(2)23-12-14-37(18-20(23)16-21)22-8-6-9-22/h5,7,10-11,15-17,22H,1,6,8-9,12-14,18H2,2-4H3,(H,30,38)(H2,31,32,33,34,35). The summed E-state index contributed by atoms with van der Waals surface area (Å²) in [5.41, 5.74) is 5.18. The Morgan fingerprint density at radius 2 is 2.05 bits per heavy atom. The third-order valence-corrected chi connectivity index (χ3v) is 7.80. The molecule has 10 nitrogen and oxygen atoms in total. The first-order chi connectivity index (χ1) is 19.2. The summed E-state index contributed by atoms with van der Waals surface area (Å²) >= 11 is 0. The minimum Gasteiger partial charge on any atom is -0.348 e. The van der Waals surface area contributed by atoms with Crippen molar-refractivity contribution >= 4 is 44.7 Å². The van der Waals surface area contributed by atoms with Crippen LogP contribution in [0, 0.1) is 6.92 Å². The van der Waals surface area contributed by atoms with E-state index in [0.29, 0.717) is 30.2 Å². The lowest BCUT2D eigenvalue weighted by Crippen LogP contribution is -2.43. The van der Waals surface area contributed by atoms with E-state index in [-0.39, 0.29) is 17.3 Å². The maximum Gasteiger partial charge on any atom is 0.256 e. The van der Waals surface area contributed by atoms with E-state index < -0.39 is 9.73 Å². The van der Waals surface area contributed by atoms with E-state index in [2.05, 4.69) is 65.8 Å². The lowest BCUT2D eigenvalue weighted by molar-refractivity contribution is 0.0958. The van der Waals surface area contributed by atoms with Crippen molar-refractivity contribution in [3.8, 4) is 0 Å². The van der Waals surface area contributed by atoms with Crippen LogP contribution >= 0.6 is 0 Å². The van der Waals surface area contributed by atoms with Crippen molar-refractivity contribution in [3.05, 3.63) is 71.4 Å². The summed E-state index contributed by atoms with van der Waals surface area (Å²) in [6, 6.07) is 10.2. The number of aromatic nitrogens is 3. The summed E-state index contributed by atoms with van der Waals surface area (Å²) in [7, 11) is -2.38. The number of nitrogens with one attached hydrogen (secondary N) is 3. The van der Waals surface area contributed by atoms with Crippen molar-refractivity contribution in [2.75, 3.05) is 36.2 Å². The number of amides is 1. The maximum absolute atomic E-state index is 12.9. The fourth-order valence-corrected chi connectivity index (χ4v) is 5.61. The molecule has 0 unspecified atom stereocenters. The Kier molecular flexibility index (Phi) is 8.13. The monoisotopic (exact) mass is 560 g/mol. The molecule has 0 radical (unpaired) electrons. The lowest BCUT2D eigenvalue weighted by atomic mass is 9.87. The molecule has 0 bridgehead atoms. The molecular formula is C29H36N8O2S. The number of carbonyl (C=O) groups excluding carboxylic acids is 1. The van der Waals surface area contributed by atoms with Gasteiger partial charge in [-0.05, 0) is 67.1 Å². The van der Waals surface area contributed by atoms with E-state index >= 15 is 0 Å². The average Bonchev–Trinajstić information content (AvgIpc) is 2.85. The van der Waals surface area contributed by atoms with Gasteiger partial charge >= 0.3 is 0 Å². The lowest BCUT2D eigenvalue weighted by Gasteiger charge is -2.40. The molecule has 1 fully saturated rings. The van der Waals surface area contributed by atoms with Gasteiger partial charge in [-0.2, -0.15) is 9.35 Å². The highest BCUT2D eigenvalue weighted by atomic mass is 32.2. The van der Waals surface area contributed by atoms with E-state index in [1.54, 1.807) is 36.8 Å². The summed E-state index contributed by atoms with van der Waals surface area (Å²) < 4.78 is 16.3. The van der Waals surface area contributed by atoms with Crippen LogP contribution in [0.2, 0.25) is 0 Å². The minimum absolute atomic E-state index is 0.254. The molecule has 11 heteroatoms. The Bertz CT molecular complexity index is 1550.